The van der Waals surface area contributed by atoms with Crippen molar-refractivity contribution in [1.82, 2.24) is 15.1 Å². The monoisotopic (exact) mass is 478 g/mol. The van der Waals surface area contributed by atoms with Gasteiger partial charge in [0, 0.05) is 23.3 Å². The molecule has 0 aliphatic rings. The molecule has 0 saturated carbocycles. The number of hydrogen-bond acceptors (Lipinski definition) is 5. The van der Waals surface area contributed by atoms with Gasteiger partial charge in [-0.2, -0.15) is 5.10 Å². The number of benzene rings is 2. The quantitative estimate of drug-likeness (QED) is 0.356. The highest BCUT2D eigenvalue weighted by atomic mass is 35.5. The number of carbonyl (C=O) groups is 2. The Morgan fingerprint density at radius 3 is 2.65 bits per heavy atom. The van der Waals surface area contributed by atoms with E-state index in [1.807, 2.05) is 13.0 Å². The van der Waals surface area contributed by atoms with Gasteiger partial charge in [0.05, 0.1) is 18.5 Å². The van der Waals surface area contributed by atoms with E-state index in [1.165, 1.54) is 6.26 Å². The molecule has 2 aromatic carbocycles. The predicted molar refractivity (Wildman–Crippen MR) is 128 cm³/mol. The molecule has 0 atom stereocenters. The number of hydrogen-bond donors (Lipinski definition) is 2. The largest absolute Gasteiger partial charge is 0.489 e. The number of halogens is 1. The number of anilines is 1. The molecule has 0 aliphatic carbocycles. The SMILES string of the molecule is CCn1cc(NC(=O)c2cccc(COc3ccc(Cl)cc3)c2)c(C(=O)NCc2ccco2)n1. The second-order valence-electron chi connectivity index (χ2n) is 7.41. The van der Waals surface area contributed by atoms with Crippen molar-refractivity contribution in [2.24, 2.45) is 0 Å². The first-order valence-corrected chi connectivity index (χ1v) is 11.1. The lowest BCUT2D eigenvalue weighted by atomic mass is 10.1. The van der Waals surface area contributed by atoms with Crippen molar-refractivity contribution < 1.29 is 18.7 Å². The fourth-order valence-electron chi connectivity index (χ4n) is 3.20. The van der Waals surface area contributed by atoms with Gasteiger partial charge in [-0.15, -0.1) is 0 Å². The van der Waals surface area contributed by atoms with Crippen molar-refractivity contribution in [3.8, 4) is 5.75 Å². The van der Waals surface area contributed by atoms with Crippen LogP contribution in [0.5, 0.6) is 5.75 Å². The number of furan rings is 1. The van der Waals surface area contributed by atoms with E-state index < -0.39 is 5.91 Å². The van der Waals surface area contributed by atoms with Crippen molar-refractivity contribution in [3.05, 3.63) is 101 Å². The number of nitrogens with one attached hydrogen (secondary N) is 2. The molecule has 8 nitrogen and oxygen atoms in total. The van der Waals surface area contributed by atoms with Gasteiger partial charge in [-0.25, -0.2) is 0 Å². The zero-order valence-electron chi connectivity index (χ0n) is 18.5. The van der Waals surface area contributed by atoms with E-state index in [2.05, 4.69) is 15.7 Å². The maximum absolute atomic E-state index is 12.9. The number of carbonyl (C=O) groups excluding carboxylic acids is 2. The van der Waals surface area contributed by atoms with Crippen molar-refractivity contribution in [2.45, 2.75) is 26.6 Å². The van der Waals surface area contributed by atoms with E-state index in [0.717, 1.165) is 5.56 Å². The minimum atomic E-state index is -0.413. The van der Waals surface area contributed by atoms with Gasteiger partial charge in [-0.1, -0.05) is 23.7 Å². The Hall–Kier alpha value is -4.04. The van der Waals surface area contributed by atoms with Crippen molar-refractivity contribution in [3.63, 3.8) is 0 Å². The molecule has 174 valence electrons. The van der Waals surface area contributed by atoms with E-state index >= 15 is 0 Å². The maximum atomic E-state index is 12.9. The average molecular weight is 479 g/mol. The molecule has 34 heavy (non-hydrogen) atoms. The fraction of sp³-hybridized carbons (Fsp3) is 0.160. The third-order valence-electron chi connectivity index (χ3n) is 4.96. The summed E-state index contributed by atoms with van der Waals surface area (Å²) >= 11 is 5.90. The van der Waals surface area contributed by atoms with Gasteiger partial charge in [0.25, 0.3) is 11.8 Å². The minimum absolute atomic E-state index is 0.129. The smallest absolute Gasteiger partial charge is 0.274 e. The Kier molecular flexibility index (Phi) is 7.29. The third kappa shape index (κ3) is 5.85. The lowest BCUT2D eigenvalue weighted by Gasteiger charge is -2.09. The van der Waals surface area contributed by atoms with Gasteiger partial charge >= 0.3 is 0 Å². The van der Waals surface area contributed by atoms with E-state index in [4.69, 9.17) is 20.8 Å². The molecule has 0 radical (unpaired) electrons. The van der Waals surface area contributed by atoms with Gasteiger partial charge in [0.1, 0.15) is 18.1 Å². The molecule has 0 saturated heterocycles. The van der Waals surface area contributed by atoms with Crippen LogP contribution in [0.2, 0.25) is 5.02 Å². The molecule has 2 N–H and O–H groups in total. The van der Waals surface area contributed by atoms with E-state index in [0.29, 0.717) is 34.3 Å². The highest BCUT2D eigenvalue weighted by molar-refractivity contribution is 6.30. The second kappa shape index (κ2) is 10.7. The van der Waals surface area contributed by atoms with E-state index in [9.17, 15) is 9.59 Å². The number of nitrogens with zero attached hydrogens (tertiary/aromatic N) is 2. The molecule has 4 aromatic rings. The molecule has 0 aliphatic heterocycles. The number of aryl methyl sites for hydroxylation is 1. The van der Waals surface area contributed by atoms with Crippen molar-refractivity contribution in [2.75, 3.05) is 5.32 Å². The third-order valence-corrected chi connectivity index (χ3v) is 5.21. The summed E-state index contributed by atoms with van der Waals surface area (Å²) in [7, 11) is 0. The van der Waals surface area contributed by atoms with Crippen LogP contribution in [0.25, 0.3) is 0 Å². The minimum Gasteiger partial charge on any atom is -0.489 e. The molecule has 2 heterocycles. The highest BCUT2D eigenvalue weighted by Gasteiger charge is 2.19. The second-order valence-corrected chi connectivity index (χ2v) is 7.84. The number of rotatable bonds is 9. The Bertz CT molecular complexity index is 1270. The van der Waals surface area contributed by atoms with Crippen LogP contribution < -0.4 is 15.4 Å². The van der Waals surface area contributed by atoms with Gasteiger partial charge in [-0.3, -0.25) is 14.3 Å². The van der Waals surface area contributed by atoms with Gasteiger partial charge in [0.2, 0.25) is 0 Å². The first-order valence-electron chi connectivity index (χ1n) is 10.7. The summed E-state index contributed by atoms with van der Waals surface area (Å²) in [5, 5.41) is 10.5. The van der Waals surface area contributed by atoms with Crippen LogP contribution >= 0.6 is 11.6 Å². The van der Waals surface area contributed by atoms with Crippen molar-refractivity contribution >= 4 is 29.1 Å². The lowest BCUT2D eigenvalue weighted by molar-refractivity contribution is 0.0943. The fourth-order valence-corrected chi connectivity index (χ4v) is 3.33. The van der Waals surface area contributed by atoms with Crippen LogP contribution in [0.3, 0.4) is 0 Å². The molecular formula is C25H23ClN4O4. The summed E-state index contributed by atoms with van der Waals surface area (Å²) in [5.41, 5.74) is 1.71. The van der Waals surface area contributed by atoms with Crippen LogP contribution in [-0.4, -0.2) is 21.6 Å². The van der Waals surface area contributed by atoms with Crippen LogP contribution in [-0.2, 0) is 19.7 Å². The molecule has 2 amide bonds. The van der Waals surface area contributed by atoms with Crippen LogP contribution in [0.1, 0.15) is 39.1 Å². The van der Waals surface area contributed by atoms with Crippen molar-refractivity contribution in [1.29, 1.82) is 0 Å². The first kappa shape index (κ1) is 23.1. The average Bonchev–Trinajstić information content (AvgIpc) is 3.52. The Balaban J connectivity index is 1.43. The predicted octanol–water partition coefficient (Wildman–Crippen LogP) is 4.91. The summed E-state index contributed by atoms with van der Waals surface area (Å²) in [6, 6.07) is 17.7. The summed E-state index contributed by atoms with van der Waals surface area (Å²) < 4.78 is 12.6. The molecule has 9 heteroatoms. The standard InChI is InChI=1S/C25H23ClN4O4/c1-2-30-15-22(23(29-30)25(32)27-14-21-7-4-12-33-21)28-24(31)18-6-3-5-17(13-18)16-34-20-10-8-19(26)9-11-20/h3-13,15H,2,14,16H2,1H3,(H,27,32)(H,28,31). The van der Waals surface area contributed by atoms with E-state index in [-0.39, 0.29) is 24.8 Å². The Morgan fingerprint density at radius 1 is 1.09 bits per heavy atom. The van der Waals surface area contributed by atoms with Crippen LogP contribution in [0.15, 0.2) is 77.5 Å². The number of ether oxygens (including phenoxy) is 1. The topological polar surface area (TPSA) is 98.4 Å². The van der Waals surface area contributed by atoms with Gasteiger partial charge in [-0.05, 0) is 61.0 Å². The molecule has 4 rings (SSSR count). The summed E-state index contributed by atoms with van der Waals surface area (Å²) in [5.74, 6) is 0.524. The highest BCUT2D eigenvalue weighted by Crippen LogP contribution is 2.19. The summed E-state index contributed by atoms with van der Waals surface area (Å²) in [6.45, 7) is 2.95. The van der Waals surface area contributed by atoms with Crippen LogP contribution in [0.4, 0.5) is 5.69 Å². The Morgan fingerprint density at radius 2 is 1.91 bits per heavy atom. The molecule has 0 unspecified atom stereocenters. The maximum Gasteiger partial charge on any atom is 0.274 e. The molecule has 0 bridgehead atoms. The lowest BCUT2D eigenvalue weighted by Crippen LogP contribution is -2.25. The molecule has 0 fully saturated rings. The number of aromatic nitrogens is 2. The van der Waals surface area contributed by atoms with Gasteiger partial charge < -0.3 is 19.8 Å². The van der Waals surface area contributed by atoms with Crippen LogP contribution in [0, 0.1) is 0 Å². The zero-order chi connectivity index (χ0) is 23.9. The zero-order valence-corrected chi connectivity index (χ0v) is 19.2. The normalized spacial score (nSPS) is 10.6. The molecular weight excluding hydrogens is 456 g/mol. The molecule has 0 spiro atoms. The van der Waals surface area contributed by atoms with E-state index in [1.54, 1.807) is 65.5 Å². The number of amides is 2. The molecule has 2 aromatic heterocycles. The Labute approximate surface area is 201 Å². The summed E-state index contributed by atoms with van der Waals surface area (Å²) in [4.78, 5) is 25.6. The van der Waals surface area contributed by atoms with Gasteiger partial charge in [0.15, 0.2) is 5.69 Å². The first-order chi connectivity index (χ1) is 16.5. The summed E-state index contributed by atoms with van der Waals surface area (Å²) in [6.07, 6.45) is 3.17.